The lowest BCUT2D eigenvalue weighted by Gasteiger charge is -2.16. The van der Waals surface area contributed by atoms with E-state index in [0.717, 1.165) is 6.42 Å². The van der Waals surface area contributed by atoms with Crippen LogP contribution in [0.1, 0.15) is 56.2 Å². The van der Waals surface area contributed by atoms with Crippen molar-refractivity contribution in [2.45, 2.75) is 46.0 Å². The molecule has 0 heterocycles. The molecule has 0 fully saturated rings. The fraction of sp³-hybridized carbons (Fsp3) is 0.350. The number of benzene rings is 2. The van der Waals surface area contributed by atoms with Crippen LogP contribution in [0.2, 0.25) is 0 Å². The molecular weight excluding hydrogens is 254 g/mol. The molecule has 0 atom stereocenters. The highest BCUT2D eigenvalue weighted by Gasteiger charge is 2.12. The summed E-state index contributed by atoms with van der Waals surface area (Å²) in [6, 6.07) is 17.0. The van der Waals surface area contributed by atoms with Crippen molar-refractivity contribution in [2.24, 2.45) is 4.99 Å². The SMILES string of the molecule is CC(C)c1cccc(C(C)C)c1N=CCc1ccccc1. The molecule has 110 valence electrons. The van der Waals surface area contributed by atoms with Gasteiger partial charge in [-0.15, -0.1) is 0 Å². The first-order valence-corrected chi connectivity index (χ1v) is 7.79. The van der Waals surface area contributed by atoms with Crippen molar-refractivity contribution in [3.05, 3.63) is 65.2 Å². The molecule has 2 aromatic rings. The van der Waals surface area contributed by atoms with E-state index < -0.39 is 0 Å². The van der Waals surface area contributed by atoms with Gasteiger partial charge in [-0.25, -0.2) is 0 Å². The normalized spacial score (nSPS) is 11.7. The van der Waals surface area contributed by atoms with Crippen LogP contribution >= 0.6 is 0 Å². The second kappa shape index (κ2) is 7.21. The average Bonchev–Trinajstić information content (AvgIpc) is 2.48. The topological polar surface area (TPSA) is 12.4 Å². The van der Waals surface area contributed by atoms with Gasteiger partial charge in [0.05, 0.1) is 5.69 Å². The van der Waals surface area contributed by atoms with E-state index in [1.807, 2.05) is 12.3 Å². The number of hydrogen-bond acceptors (Lipinski definition) is 1. The average molecular weight is 279 g/mol. The number of aliphatic imine (C=N–C) groups is 1. The van der Waals surface area contributed by atoms with E-state index in [0.29, 0.717) is 11.8 Å². The maximum Gasteiger partial charge on any atom is 0.0694 e. The highest BCUT2D eigenvalue weighted by atomic mass is 14.7. The molecular formula is C20H25N. The first kappa shape index (κ1) is 15.5. The van der Waals surface area contributed by atoms with Gasteiger partial charge in [0.2, 0.25) is 0 Å². The van der Waals surface area contributed by atoms with Gasteiger partial charge in [-0.1, -0.05) is 76.2 Å². The molecule has 0 radical (unpaired) electrons. The summed E-state index contributed by atoms with van der Waals surface area (Å²) in [5.74, 6) is 0.986. The van der Waals surface area contributed by atoms with Crippen molar-refractivity contribution in [2.75, 3.05) is 0 Å². The fourth-order valence-corrected chi connectivity index (χ4v) is 2.52. The maximum absolute atomic E-state index is 4.82. The number of hydrogen-bond donors (Lipinski definition) is 0. The molecule has 2 aromatic carbocycles. The molecule has 0 aliphatic heterocycles. The third kappa shape index (κ3) is 4.04. The Balaban J connectivity index is 2.29. The van der Waals surface area contributed by atoms with Crippen molar-refractivity contribution in [1.82, 2.24) is 0 Å². The predicted molar refractivity (Wildman–Crippen MR) is 92.9 cm³/mol. The predicted octanol–water partition coefficient (Wildman–Crippen LogP) is 5.88. The quantitative estimate of drug-likeness (QED) is 0.606. The second-order valence-electron chi connectivity index (χ2n) is 6.10. The number of nitrogens with zero attached hydrogens (tertiary/aromatic N) is 1. The molecule has 21 heavy (non-hydrogen) atoms. The van der Waals surface area contributed by atoms with Crippen molar-refractivity contribution in [3.8, 4) is 0 Å². The highest BCUT2D eigenvalue weighted by molar-refractivity contribution is 5.69. The number of para-hydroxylation sites is 1. The first-order chi connectivity index (χ1) is 10.1. The van der Waals surface area contributed by atoms with Gasteiger partial charge in [0.25, 0.3) is 0 Å². The monoisotopic (exact) mass is 279 g/mol. The Kier molecular flexibility index (Phi) is 5.32. The van der Waals surface area contributed by atoms with Crippen LogP contribution in [0.15, 0.2) is 53.5 Å². The van der Waals surface area contributed by atoms with E-state index in [2.05, 4.69) is 70.2 Å². The summed E-state index contributed by atoms with van der Waals surface area (Å²) >= 11 is 0. The molecule has 0 spiro atoms. The summed E-state index contributed by atoms with van der Waals surface area (Å²) < 4.78 is 0. The highest BCUT2D eigenvalue weighted by Crippen LogP contribution is 2.34. The lowest BCUT2D eigenvalue weighted by atomic mass is 9.93. The summed E-state index contributed by atoms with van der Waals surface area (Å²) in [4.78, 5) is 4.82. The van der Waals surface area contributed by atoms with Crippen molar-refractivity contribution >= 4 is 11.9 Å². The largest absolute Gasteiger partial charge is 0.260 e. The molecule has 0 amide bonds. The van der Waals surface area contributed by atoms with Crippen molar-refractivity contribution < 1.29 is 0 Å². The lowest BCUT2D eigenvalue weighted by molar-refractivity contribution is 0.835. The van der Waals surface area contributed by atoms with Gasteiger partial charge < -0.3 is 0 Å². The Morgan fingerprint density at radius 2 is 1.38 bits per heavy atom. The van der Waals surface area contributed by atoms with E-state index in [1.54, 1.807) is 0 Å². The van der Waals surface area contributed by atoms with Crippen LogP contribution in [0.4, 0.5) is 5.69 Å². The van der Waals surface area contributed by atoms with Gasteiger partial charge in [-0.05, 0) is 28.5 Å². The molecule has 0 aromatic heterocycles. The zero-order chi connectivity index (χ0) is 15.2. The molecule has 2 rings (SSSR count). The fourth-order valence-electron chi connectivity index (χ4n) is 2.52. The second-order valence-corrected chi connectivity index (χ2v) is 6.10. The van der Waals surface area contributed by atoms with Crippen LogP contribution in [0.25, 0.3) is 0 Å². The third-order valence-electron chi connectivity index (χ3n) is 3.73. The first-order valence-electron chi connectivity index (χ1n) is 7.79. The van der Waals surface area contributed by atoms with E-state index in [9.17, 15) is 0 Å². The van der Waals surface area contributed by atoms with Gasteiger partial charge in [0.15, 0.2) is 0 Å². The molecule has 0 bridgehead atoms. The maximum atomic E-state index is 4.82. The van der Waals surface area contributed by atoms with Crippen molar-refractivity contribution in [3.63, 3.8) is 0 Å². The molecule has 0 saturated carbocycles. The molecule has 0 saturated heterocycles. The summed E-state index contributed by atoms with van der Waals surface area (Å²) in [6.07, 6.45) is 2.92. The van der Waals surface area contributed by atoms with E-state index >= 15 is 0 Å². The zero-order valence-electron chi connectivity index (χ0n) is 13.5. The Hall–Kier alpha value is -1.89. The standard InChI is InChI=1S/C20H25N/c1-15(2)18-11-8-12-19(16(3)4)20(18)21-14-13-17-9-6-5-7-10-17/h5-12,14-16H,13H2,1-4H3. The minimum absolute atomic E-state index is 0.493. The van der Waals surface area contributed by atoms with Gasteiger partial charge >= 0.3 is 0 Å². The Bertz CT molecular complexity index is 568. The molecule has 0 unspecified atom stereocenters. The summed E-state index contributed by atoms with van der Waals surface area (Å²) in [5, 5.41) is 0. The van der Waals surface area contributed by atoms with Gasteiger partial charge in [-0.3, -0.25) is 4.99 Å². The van der Waals surface area contributed by atoms with Gasteiger partial charge in [0, 0.05) is 12.6 Å². The minimum atomic E-state index is 0.493. The van der Waals surface area contributed by atoms with E-state index in [-0.39, 0.29) is 0 Å². The molecule has 1 heteroatoms. The van der Waals surface area contributed by atoms with Gasteiger partial charge in [-0.2, -0.15) is 0 Å². The Morgan fingerprint density at radius 1 is 0.810 bits per heavy atom. The molecule has 1 nitrogen and oxygen atoms in total. The molecule has 0 aliphatic carbocycles. The minimum Gasteiger partial charge on any atom is -0.260 e. The van der Waals surface area contributed by atoms with Crippen LogP contribution in [-0.4, -0.2) is 6.21 Å². The molecule has 0 N–H and O–H groups in total. The van der Waals surface area contributed by atoms with Crippen LogP contribution < -0.4 is 0 Å². The molecule has 0 aliphatic rings. The van der Waals surface area contributed by atoms with E-state index in [4.69, 9.17) is 4.99 Å². The zero-order valence-corrected chi connectivity index (χ0v) is 13.5. The lowest BCUT2D eigenvalue weighted by Crippen LogP contribution is -1.96. The Morgan fingerprint density at radius 3 is 1.90 bits per heavy atom. The van der Waals surface area contributed by atoms with Crippen LogP contribution in [-0.2, 0) is 6.42 Å². The Labute approximate surface area is 128 Å². The smallest absolute Gasteiger partial charge is 0.0694 e. The summed E-state index contributed by atoms with van der Waals surface area (Å²) in [7, 11) is 0. The van der Waals surface area contributed by atoms with Crippen molar-refractivity contribution in [1.29, 1.82) is 0 Å². The third-order valence-corrected chi connectivity index (χ3v) is 3.73. The van der Waals surface area contributed by atoms with E-state index in [1.165, 1.54) is 22.4 Å². The van der Waals surface area contributed by atoms with Gasteiger partial charge in [0.1, 0.15) is 0 Å². The summed E-state index contributed by atoms with van der Waals surface area (Å²) in [5.41, 5.74) is 5.14. The van der Waals surface area contributed by atoms with Crippen LogP contribution in [0, 0.1) is 0 Å². The van der Waals surface area contributed by atoms with Crippen LogP contribution in [0.5, 0.6) is 0 Å². The number of rotatable bonds is 5. The van der Waals surface area contributed by atoms with Crippen LogP contribution in [0.3, 0.4) is 0 Å². The summed E-state index contributed by atoms with van der Waals surface area (Å²) in [6.45, 7) is 8.93.